The van der Waals surface area contributed by atoms with Gasteiger partial charge in [-0.05, 0) is 23.3 Å². The highest BCUT2D eigenvalue weighted by Gasteiger charge is 2.26. The van der Waals surface area contributed by atoms with Gasteiger partial charge in [-0.2, -0.15) is 0 Å². The van der Waals surface area contributed by atoms with E-state index in [9.17, 15) is 4.21 Å². The van der Waals surface area contributed by atoms with Gasteiger partial charge in [0.1, 0.15) is 0 Å². The van der Waals surface area contributed by atoms with E-state index >= 15 is 0 Å². The molecule has 0 aliphatic carbocycles. The third-order valence-corrected chi connectivity index (χ3v) is 5.40. The average Bonchev–Trinajstić information content (AvgIpc) is 2.59. The maximum atomic E-state index is 12.2. The van der Waals surface area contributed by atoms with Crippen LogP contribution in [0.15, 0.2) is 46.2 Å². The van der Waals surface area contributed by atoms with Crippen molar-refractivity contribution in [3.8, 4) is 11.1 Å². The maximum Gasteiger partial charge on any atom is 0.0862 e. The number of hydrogen-bond acceptors (Lipinski definition) is 1. The number of hydrogen-bond donors (Lipinski definition) is 0. The number of fused-ring (bicyclic) bond motifs is 3. The van der Waals surface area contributed by atoms with Crippen LogP contribution in [0.1, 0.15) is 0 Å². The van der Waals surface area contributed by atoms with Gasteiger partial charge in [0.2, 0.25) is 0 Å². The quantitative estimate of drug-likeness (QED) is 0.532. The molecule has 0 bridgehead atoms. The van der Waals surface area contributed by atoms with Crippen LogP contribution in [0.25, 0.3) is 11.1 Å². The van der Waals surface area contributed by atoms with Gasteiger partial charge in [-0.1, -0.05) is 34.6 Å². The Labute approximate surface area is 103 Å². The van der Waals surface area contributed by atoms with Crippen LogP contribution < -0.4 is 10.4 Å². The Morgan fingerprint density at radius 2 is 1.69 bits per heavy atom. The summed E-state index contributed by atoms with van der Waals surface area (Å²) >= 11 is 0. The Balaban J connectivity index is 2.44. The summed E-state index contributed by atoms with van der Waals surface area (Å²) in [7, 11) is 6.08. The molecule has 1 atom stereocenters. The fraction of sp³-hybridized carbons (Fsp3) is 0. The molecule has 0 spiro atoms. The van der Waals surface area contributed by atoms with Crippen LogP contribution in [0.5, 0.6) is 0 Å². The van der Waals surface area contributed by atoms with Crippen molar-refractivity contribution in [1.82, 2.24) is 0 Å². The summed E-state index contributed by atoms with van der Waals surface area (Å²) < 4.78 is 12.2. The fourth-order valence-electron chi connectivity index (χ4n) is 1.96. The molecule has 0 amide bonds. The minimum Gasteiger partial charge on any atom is -0.249 e. The van der Waals surface area contributed by atoms with E-state index in [1.807, 2.05) is 36.4 Å². The molecule has 1 aliphatic rings. The molecule has 0 saturated heterocycles. The standard InChI is InChI=1S/C12H6OSSi2/c13-14-8-4-2-1-3-7(8)11-9(14)5-6-10(15)12(11)16/h1-6H. The summed E-state index contributed by atoms with van der Waals surface area (Å²) in [6.45, 7) is 0. The first-order valence-electron chi connectivity index (χ1n) is 4.81. The van der Waals surface area contributed by atoms with Crippen LogP contribution in [-0.4, -0.2) is 24.7 Å². The molecule has 1 nitrogen and oxygen atoms in total. The molecule has 1 unspecified atom stereocenters. The van der Waals surface area contributed by atoms with E-state index in [0.717, 1.165) is 31.3 Å². The Morgan fingerprint density at radius 1 is 0.938 bits per heavy atom. The molecule has 3 rings (SSSR count). The van der Waals surface area contributed by atoms with Crippen LogP contribution >= 0.6 is 0 Å². The van der Waals surface area contributed by atoms with E-state index < -0.39 is 10.8 Å². The molecule has 0 aromatic heterocycles. The van der Waals surface area contributed by atoms with Crippen LogP contribution in [0.2, 0.25) is 0 Å². The Kier molecular flexibility index (Phi) is 2.24. The second-order valence-corrected chi connectivity index (χ2v) is 6.08. The van der Waals surface area contributed by atoms with Crippen LogP contribution in [0.3, 0.4) is 0 Å². The first-order chi connectivity index (χ1) is 7.70. The highest BCUT2D eigenvalue weighted by atomic mass is 32.2. The maximum absolute atomic E-state index is 12.2. The topological polar surface area (TPSA) is 17.1 Å². The number of benzene rings is 2. The Hall–Kier alpha value is -0.976. The van der Waals surface area contributed by atoms with Crippen LogP contribution in [-0.2, 0) is 10.8 Å². The van der Waals surface area contributed by atoms with Crippen LogP contribution in [0.4, 0.5) is 0 Å². The number of rotatable bonds is 0. The highest BCUT2D eigenvalue weighted by molar-refractivity contribution is 7.85. The van der Waals surface area contributed by atoms with Gasteiger partial charge in [-0.15, -0.1) is 0 Å². The Bertz CT molecular complexity index is 622. The zero-order chi connectivity index (χ0) is 11.3. The molecule has 6 radical (unpaired) electrons. The molecule has 1 aliphatic heterocycles. The third kappa shape index (κ3) is 1.24. The van der Waals surface area contributed by atoms with Crippen molar-refractivity contribution in [2.75, 3.05) is 0 Å². The van der Waals surface area contributed by atoms with Crippen molar-refractivity contribution in [3.05, 3.63) is 36.4 Å². The predicted octanol–water partition coefficient (Wildman–Crippen LogP) is 0.421. The summed E-state index contributed by atoms with van der Waals surface area (Å²) in [5.41, 5.74) is 2.10. The van der Waals surface area contributed by atoms with Gasteiger partial charge in [0.05, 0.1) is 41.1 Å². The van der Waals surface area contributed by atoms with Gasteiger partial charge < -0.3 is 0 Å². The van der Waals surface area contributed by atoms with E-state index in [0.29, 0.717) is 0 Å². The monoisotopic (exact) mass is 254 g/mol. The van der Waals surface area contributed by atoms with E-state index in [-0.39, 0.29) is 0 Å². The molecular weight excluding hydrogens is 248 g/mol. The van der Waals surface area contributed by atoms with Gasteiger partial charge in [0.15, 0.2) is 0 Å². The van der Waals surface area contributed by atoms with Crippen molar-refractivity contribution in [2.24, 2.45) is 0 Å². The molecule has 1 heterocycles. The molecule has 0 fully saturated rings. The third-order valence-electron chi connectivity index (χ3n) is 2.72. The Morgan fingerprint density at radius 3 is 2.50 bits per heavy atom. The fourth-order valence-corrected chi connectivity index (χ4v) is 4.01. The van der Waals surface area contributed by atoms with Crippen molar-refractivity contribution < 1.29 is 4.21 Å². The molecular formula is C12H6OSSi2. The first kappa shape index (κ1) is 10.2. The predicted molar refractivity (Wildman–Crippen MR) is 67.3 cm³/mol. The van der Waals surface area contributed by atoms with Gasteiger partial charge in [0, 0.05) is 0 Å². The van der Waals surface area contributed by atoms with Crippen LogP contribution in [0, 0.1) is 0 Å². The van der Waals surface area contributed by atoms with Gasteiger partial charge in [-0.3, -0.25) is 0 Å². The average molecular weight is 254 g/mol. The summed E-state index contributed by atoms with van der Waals surface area (Å²) in [5.74, 6) is 0. The van der Waals surface area contributed by atoms with E-state index in [1.54, 1.807) is 0 Å². The van der Waals surface area contributed by atoms with Gasteiger partial charge in [0.25, 0.3) is 0 Å². The summed E-state index contributed by atoms with van der Waals surface area (Å²) in [5, 5.41) is 1.94. The second-order valence-electron chi connectivity index (χ2n) is 3.63. The molecule has 2 aromatic rings. The normalized spacial score (nSPS) is 17.0. The highest BCUT2D eigenvalue weighted by Crippen LogP contribution is 2.38. The summed E-state index contributed by atoms with van der Waals surface area (Å²) in [4.78, 5) is 1.78. The lowest BCUT2D eigenvalue weighted by Gasteiger charge is -2.06. The van der Waals surface area contributed by atoms with Crippen molar-refractivity contribution >= 4 is 41.7 Å². The zero-order valence-electron chi connectivity index (χ0n) is 8.28. The molecule has 4 heteroatoms. The molecule has 2 aromatic carbocycles. The van der Waals surface area contributed by atoms with Gasteiger partial charge in [-0.25, -0.2) is 4.21 Å². The van der Waals surface area contributed by atoms with Crippen molar-refractivity contribution in [3.63, 3.8) is 0 Å². The molecule has 74 valence electrons. The van der Waals surface area contributed by atoms with Crippen molar-refractivity contribution in [1.29, 1.82) is 0 Å². The van der Waals surface area contributed by atoms with Crippen molar-refractivity contribution in [2.45, 2.75) is 9.79 Å². The summed E-state index contributed by atoms with van der Waals surface area (Å²) in [6.07, 6.45) is 0. The van der Waals surface area contributed by atoms with E-state index in [2.05, 4.69) is 20.5 Å². The minimum absolute atomic E-state index is 0.883. The lowest BCUT2D eigenvalue weighted by Crippen LogP contribution is -2.27. The van der Waals surface area contributed by atoms with E-state index in [1.165, 1.54) is 0 Å². The van der Waals surface area contributed by atoms with Gasteiger partial charge >= 0.3 is 0 Å². The first-order valence-corrected chi connectivity index (χ1v) is 6.96. The molecule has 0 N–H and O–H groups in total. The SMILES string of the molecule is O=S1c2ccccc2-c2c1ccc([Si])c2[Si]. The lowest BCUT2D eigenvalue weighted by molar-refractivity contribution is 0.685. The minimum atomic E-state index is -1.04. The molecule has 16 heavy (non-hydrogen) atoms. The lowest BCUT2D eigenvalue weighted by atomic mass is 10.1. The largest absolute Gasteiger partial charge is 0.249 e. The smallest absolute Gasteiger partial charge is 0.0862 e. The van der Waals surface area contributed by atoms with E-state index in [4.69, 9.17) is 0 Å². The summed E-state index contributed by atoms with van der Waals surface area (Å²) in [6, 6.07) is 11.7. The molecule has 0 saturated carbocycles. The second kappa shape index (κ2) is 3.51. The zero-order valence-corrected chi connectivity index (χ0v) is 11.1.